The SMILES string of the molecule is COc1cccc(CNCCCN2CCN(C)CC2)n1. The second kappa shape index (κ2) is 8.19. The second-order valence-corrected chi connectivity index (χ2v) is 5.35. The summed E-state index contributed by atoms with van der Waals surface area (Å²) in [5.74, 6) is 0.682. The van der Waals surface area contributed by atoms with Crippen molar-refractivity contribution in [1.82, 2.24) is 20.1 Å². The maximum atomic E-state index is 5.12. The fraction of sp³-hybridized carbons (Fsp3) is 0.667. The number of pyridine rings is 1. The fourth-order valence-electron chi connectivity index (χ4n) is 2.39. The van der Waals surface area contributed by atoms with Crippen LogP contribution in [0.1, 0.15) is 12.1 Å². The van der Waals surface area contributed by atoms with Gasteiger partial charge in [-0.2, -0.15) is 0 Å². The molecule has 2 rings (SSSR count). The summed E-state index contributed by atoms with van der Waals surface area (Å²) in [6.07, 6.45) is 1.19. The van der Waals surface area contributed by atoms with E-state index in [0.717, 1.165) is 18.8 Å². The first kappa shape index (κ1) is 15.2. The largest absolute Gasteiger partial charge is 0.481 e. The monoisotopic (exact) mass is 278 g/mol. The summed E-state index contributed by atoms with van der Waals surface area (Å²) in [6.45, 7) is 7.82. The lowest BCUT2D eigenvalue weighted by atomic mass is 10.3. The molecule has 1 aromatic heterocycles. The lowest BCUT2D eigenvalue weighted by molar-refractivity contribution is 0.152. The van der Waals surface area contributed by atoms with Gasteiger partial charge in [-0.15, -0.1) is 0 Å². The number of ether oxygens (including phenoxy) is 1. The summed E-state index contributed by atoms with van der Waals surface area (Å²) in [5.41, 5.74) is 1.03. The van der Waals surface area contributed by atoms with E-state index in [1.54, 1.807) is 7.11 Å². The molecule has 2 heterocycles. The Bertz CT molecular complexity index is 391. The first-order valence-corrected chi connectivity index (χ1v) is 7.39. The van der Waals surface area contributed by atoms with Crippen molar-refractivity contribution in [2.75, 3.05) is 53.4 Å². The van der Waals surface area contributed by atoms with Gasteiger partial charge in [0, 0.05) is 38.8 Å². The van der Waals surface area contributed by atoms with Crippen LogP contribution in [-0.2, 0) is 6.54 Å². The molecule has 0 radical (unpaired) electrons. The van der Waals surface area contributed by atoms with E-state index in [9.17, 15) is 0 Å². The number of nitrogens with zero attached hydrogens (tertiary/aromatic N) is 3. The number of aromatic nitrogens is 1. The van der Waals surface area contributed by atoms with Gasteiger partial charge >= 0.3 is 0 Å². The average molecular weight is 278 g/mol. The van der Waals surface area contributed by atoms with Crippen LogP contribution in [0.15, 0.2) is 18.2 Å². The summed E-state index contributed by atoms with van der Waals surface area (Å²) < 4.78 is 5.12. The Morgan fingerprint density at radius 3 is 2.80 bits per heavy atom. The topological polar surface area (TPSA) is 40.6 Å². The fourth-order valence-corrected chi connectivity index (χ4v) is 2.39. The van der Waals surface area contributed by atoms with E-state index in [0.29, 0.717) is 5.88 Å². The molecule has 5 nitrogen and oxygen atoms in total. The van der Waals surface area contributed by atoms with Gasteiger partial charge in [0.05, 0.1) is 12.8 Å². The minimum absolute atomic E-state index is 0.682. The standard InChI is InChI=1S/C15H26N4O/c1-18-9-11-19(12-10-18)8-4-7-16-13-14-5-3-6-15(17-14)20-2/h3,5-6,16H,4,7-13H2,1-2H3. The van der Waals surface area contributed by atoms with Gasteiger partial charge in [0.25, 0.3) is 0 Å². The molecule has 0 bridgehead atoms. The Balaban J connectivity index is 1.57. The molecule has 1 N–H and O–H groups in total. The number of hydrogen-bond acceptors (Lipinski definition) is 5. The van der Waals surface area contributed by atoms with Crippen molar-refractivity contribution in [2.45, 2.75) is 13.0 Å². The highest BCUT2D eigenvalue weighted by atomic mass is 16.5. The summed E-state index contributed by atoms with van der Waals surface area (Å²) in [4.78, 5) is 9.33. The Morgan fingerprint density at radius 2 is 2.05 bits per heavy atom. The minimum atomic E-state index is 0.682. The number of rotatable bonds is 7. The number of likely N-dealkylation sites (N-methyl/N-ethyl adjacent to an activating group) is 1. The van der Waals surface area contributed by atoms with Gasteiger partial charge in [-0.25, -0.2) is 4.98 Å². The number of hydrogen-bond donors (Lipinski definition) is 1. The first-order chi connectivity index (χ1) is 9.78. The summed E-state index contributed by atoms with van der Waals surface area (Å²) in [5, 5.41) is 3.45. The Labute approximate surface area is 121 Å². The van der Waals surface area contributed by atoms with Crippen LogP contribution < -0.4 is 10.1 Å². The summed E-state index contributed by atoms with van der Waals surface area (Å²) >= 11 is 0. The van der Waals surface area contributed by atoms with Crippen LogP contribution >= 0.6 is 0 Å². The lowest BCUT2D eigenvalue weighted by Crippen LogP contribution is -2.45. The van der Waals surface area contributed by atoms with Crippen molar-refractivity contribution in [3.63, 3.8) is 0 Å². The van der Waals surface area contributed by atoms with E-state index < -0.39 is 0 Å². The highest BCUT2D eigenvalue weighted by molar-refractivity contribution is 5.15. The molecule has 0 aromatic carbocycles. The number of methoxy groups -OCH3 is 1. The highest BCUT2D eigenvalue weighted by Gasteiger charge is 2.12. The highest BCUT2D eigenvalue weighted by Crippen LogP contribution is 2.06. The first-order valence-electron chi connectivity index (χ1n) is 7.39. The molecular weight excluding hydrogens is 252 g/mol. The Hall–Kier alpha value is -1.17. The van der Waals surface area contributed by atoms with Crippen molar-refractivity contribution in [3.05, 3.63) is 23.9 Å². The maximum Gasteiger partial charge on any atom is 0.213 e. The molecule has 5 heteroatoms. The van der Waals surface area contributed by atoms with E-state index in [-0.39, 0.29) is 0 Å². The van der Waals surface area contributed by atoms with E-state index >= 15 is 0 Å². The third-order valence-corrected chi connectivity index (χ3v) is 3.72. The van der Waals surface area contributed by atoms with E-state index in [1.165, 1.54) is 39.1 Å². The lowest BCUT2D eigenvalue weighted by Gasteiger charge is -2.32. The smallest absolute Gasteiger partial charge is 0.213 e. The van der Waals surface area contributed by atoms with Crippen LogP contribution in [0.25, 0.3) is 0 Å². The molecule has 1 fully saturated rings. The van der Waals surface area contributed by atoms with Gasteiger partial charge in [0.2, 0.25) is 5.88 Å². The van der Waals surface area contributed by atoms with Gasteiger partial charge in [0.1, 0.15) is 0 Å². The van der Waals surface area contributed by atoms with Gasteiger partial charge in [-0.3, -0.25) is 0 Å². The number of nitrogens with one attached hydrogen (secondary N) is 1. The van der Waals surface area contributed by atoms with E-state index in [4.69, 9.17) is 4.74 Å². The van der Waals surface area contributed by atoms with E-state index in [2.05, 4.69) is 27.1 Å². The Kier molecular flexibility index (Phi) is 6.24. The minimum Gasteiger partial charge on any atom is -0.481 e. The van der Waals surface area contributed by atoms with Crippen LogP contribution in [0.5, 0.6) is 5.88 Å². The number of piperazine rings is 1. The van der Waals surface area contributed by atoms with Crippen molar-refractivity contribution < 1.29 is 4.74 Å². The molecule has 0 unspecified atom stereocenters. The molecule has 112 valence electrons. The summed E-state index contributed by atoms with van der Waals surface area (Å²) in [6, 6.07) is 5.87. The average Bonchev–Trinajstić information content (AvgIpc) is 2.49. The normalized spacial score (nSPS) is 17.3. The Morgan fingerprint density at radius 1 is 1.25 bits per heavy atom. The molecule has 0 spiro atoms. The van der Waals surface area contributed by atoms with Crippen molar-refractivity contribution in [2.24, 2.45) is 0 Å². The third-order valence-electron chi connectivity index (χ3n) is 3.72. The zero-order valence-corrected chi connectivity index (χ0v) is 12.6. The molecule has 1 aromatic rings. The van der Waals surface area contributed by atoms with Crippen LogP contribution in [0, 0.1) is 0 Å². The predicted octanol–water partition coefficient (Wildman–Crippen LogP) is 0.817. The van der Waals surface area contributed by atoms with Crippen LogP contribution in [-0.4, -0.2) is 68.2 Å². The molecule has 20 heavy (non-hydrogen) atoms. The third kappa shape index (κ3) is 5.07. The summed E-state index contributed by atoms with van der Waals surface area (Å²) in [7, 11) is 3.84. The zero-order chi connectivity index (χ0) is 14.2. The molecule has 0 saturated carbocycles. The van der Waals surface area contributed by atoms with Gasteiger partial charge in [-0.1, -0.05) is 6.07 Å². The quantitative estimate of drug-likeness (QED) is 0.748. The second-order valence-electron chi connectivity index (χ2n) is 5.35. The van der Waals surface area contributed by atoms with Gasteiger partial charge < -0.3 is 19.9 Å². The van der Waals surface area contributed by atoms with Crippen LogP contribution in [0.2, 0.25) is 0 Å². The molecule has 1 aliphatic rings. The molecule has 0 aliphatic carbocycles. The molecular formula is C15H26N4O. The molecule has 0 atom stereocenters. The maximum absolute atomic E-state index is 5.12. The predicted molar refractivity (Wildman–Crippen MR) is 81.0 cm³/mol. The van der Waals surface area contributed by atoms with E-state index in [1.807, 2.05) is 18.2 Å². The van der Waals surface area contributed by atoms with Gasteiger partial charge in [0.15, 0.2) is 0 Å². The van der Waals surface area contributed by atoms with Crippen LogP contribution in [0.4, 0.5) is 0 Å². The van der Waals surface area contributed by atoms with Crippen molar-refractivity contribution >= 4 is 0 Å². The van der Waals surface area contributed by atoms with Crippen LogP contribution in [0.3, 0.4) is 0 Å². The zero-order valence-electron chi connectivity index (χ0n) is 12.6. The van der Waals surface area contributed by atoms with Gasteiger partial charge in [-0.05, 0) is 32.6 Å². The van der Waals surface area contributed by atoms with Crippen molar-refractivity contribution in [3.8, 4) is 5.88 Å². The van der Waals surface area contributed by atoms with Crippen molar-refractivity contribution in [1.29, 1.82) is 0 Å². The molecule has 1 aliphatic heterocycles. The molecule has 1 saturated heterocycles. The molecule has 0 amide bonds.